The number of halogens is 1. The quantitative estimate of drug-likeness (QED) is 0.883. The van der Waals surface area contributed by atoms with Crippen LogP contribution in [0.15, 0.2) is 41.3 Å². The highest BCUT2D eigenvalue weighted by atomic mass is 35.5. The van der Waals surface area contributed by atoms with Crippen molar-refractivity contribution in [2.24, 2.45) is 0 Å². The lowest BCUT2D eigenvalue weighted by molar-refractivity contribution is -0.255. The number of benzene rings is 2. The minimum atomic E-state index is -3.98. The molecule has 8 heteroatoms. The number of ether oxygens (including phenoxy) is 1. The molecule has 1 N–H and O–H groups in total. The van der Waals surface area contributed by atoms with Crippen LogP contribution in [0.5, 0.6) is 5.75 Å². The van der Waals surface area contributed by atoms with Crippen molar-refractivity contribution in [1.82, 2.24) is 0 Å². The molecule has 0 saturated carbocycles. The van der Waals surface area contributed by atoms with E-state index in [4.69, 9.17) is 16.3 Å². The van der Waals surface area contributed by atoms with Gasteiger partial charge in [0.15, 0.2) is 0 Å². The van der Waals surface area contributed by atoms with Gasteiger partial charge in [-0.1, -0.05) is 23.7 Å². The number of sulfonamides is 1. The van der Waals surface area contributed by atoms with Crippen LogP contribution in [0.1, 0.15) is 15.9 Å². The van der Waals surface area contributed by atoms with Gasteiger partial charge in [-0.2, -0.15) is 0 Å². The van der Waals surface area contributed by atoms with Crippen molar-refractivity contribution in [2.45, 2.75) is 11.8 Å². The number of nitrogens with one attached hydrogen (secondary N) is 1. The van der Waals surface area contributed by atoms with E-state index in [0.717, 1.165) is 6.07 Å². The maximum Gasteiger partial charge on any atom is 0.262 e. The summed E-state index contributed by atoms with van der Waals surface area (Å²) in [4.78, 5) is 10.8. The first-order valence-electron chi connectivity index (χ1n) is 6.43. The Kier molecular flexibility index (Phi) is 4.82. The third-order valence-corrected chi connectivity index (χ3v) is 4.94. The summed E-state index contributed by atoms with van der Waals surface area (Å²) < 4.78 is 32.3. The van der Waals surface area contributed by atoms with Crippen molar-refractivity contribution in [3.8, 4) is 5.75 Å². The molecule has 2 rings (SSSR count). The second-order valence-electron chi connectivity index (χ2n) is 4.72. The first-order chi connectivity index (χ1) is 10.7. The van der Waals surface area contributed by atoms with Crippen LogP contribution in [-0.2, 0) is 10.0 Å². The molecule has 0 amide bonds. The minimum absolute atomic E-state index is 0.147. The molecule has 122 valence electrons. The molecule has 0 atom stereocenters. The molecule has 2 aromatic carbocycles. The Balaban J connectivity index is 2.41. The van der Waals surface area contributed by atoms with E-state index in [-0.39, 0.29) is 21.2 Å². The third kappa shape index (κ3) is 3.75. The average molecular weight is 355 g/mol. The predicted octanol–water partition coefficient (Wildman–Crippen LogP) is 1.82. The van der Waals surface area contributed by atoms with Crippen LogP contribution < -0.4 is 14.6 Å². The lowest BCUT2D eigenvalue weighted by Crippen LogP contribution is -2.23. The molecule has 0 bridgehead atoms. The molecule has 0 aromatic heterocycles. The molecule has 0 aliphatic heterocycles. The SMILES string of the molecule is COc1ccc(NS(=O)(=O)c2cc(C(=O)[O-])ccc2C)cc1Cl. The maximum atomic E-state index is 12.5. The van der Waals surface area contributed by atoms with E-state index in [2.05, 4.69) is 4.72 Å². The zero-order chi connectivity index (χ0) is 17.2. The Morgan fingerprint density at radius 3 is 2.48 bits per heavy atom. The number of carboxylic acids is 1. The summed E-state index contributed by atoms with van der Waals surface area (Å²) in [5.41, 5.74) is 0.417. The maximum absolute atomic E-state index is 12.5. The van der Waals surface area contributed by atoms with Gasteiger partial charge < -0.3 is 14.6 Å². The van der Waals surface area contributed by atoms with Crippen molar-refractivity contribution in [3.05, 3.63) is 52.5 Å². The second kappa shape index (κ2) is 6.47. The van der Waals surface area contributed by atoms with E-state index in [9.17, 15) is 18.3 Å². The van der Waals surface area contributed by atoms with Crippen molar-refractivity contribution < 1.29 is 23.1 Å². The van der Waals surface area contributed by atoms with Gasteiger partial charge in [-0.25, -0.2) is 8.42 Å². The van der Waals surface area contributed by atoms with Crippen LogP contribution in [0.4, 0.5) is 5.69 Å². The van der Waals surface area contributed by atoms with Gasteiger partial charge in [-0.15, -0.1) is 0 Å². The molecule has 0 fully saturated rings. The number of hydrogen-bond acceptors (Lipinski definition) is 5. The number of methoxy groups -OCH3 is 1. The molecule has 0 unspecified atom stereocenters. The van der Waals surface area contributed by atoms with Gasteiger partial charge in [0, 0.05) is 0 Å². The Bertz CT molecular complexity index is 864. The van der Waals surface area contributed by atoms with Crippen molar-refractivity contribution in [3.63, 3.8) is 0 Å². The highest BCUT2D eigenvalue weighted by Crippen LogP contribution is 2.29. The Morgan fingerprint density at radius 2 is 1.91 bits per heavy atom. The van der Waals surface area contributed by atoms with Crippen LogP contribution in [0.3, 0.4) is 0 Å². The Morgan fingerprint density at radius 1 is 1.22 bits per heavy atom. The fourth-order valence-electron chi connectivity index (χ4n) is 1.96. The predicted molar refractivity (Wildman–Crippen MR) is 84.3 cm³/mol. The van der Waals surface area contributed by atoms with Gasteiger partial charge in [0.1, 0.15) is 5.75 Å². The largest absolute Gasteiger partial charge is 0.545 e. The molecule has 0 heterocycles. The standard InChI is InChI=1S/C15H14ClNO5S/c1-9-3-4-10(15(18)19)7-14(9)23(20,21)17-11-5-6-13(22-2)12(16)8-11/h3-8,17H,1-2H3,(H,18,19)/p-1. The molecule has 6 nitrogen and oxygen atoms in total. The van der Waals surface area contributed by atoms with E-state index in [0.29, 0.717) is 11.3 Å². The highest BCUT2D eigenvalue weighted by molar-refractivity contribution is 7.92. The number of carboxylic acid groups (broad SMARTS) is 1. The first kappa shape index (κ1) is 17.1. The van der Waals surface area contributed by atoms with Gasteiger partial charge in [0.25, 0.3) is 10.0 Å². The van der Waals surface area contributed by atoms with Crippen LogP contribution in [-0.4, -0.2) is 21.5 Å². The second-order valence-corrected chi connectivity index (χ2v) is 6.78. The molecule has 0 spiro atoms. The zero-order valence-electron chi connectivity index (χ0n) is 12.3. The van der Waals surface area contributed by atoms with Crippen molar-refractivity contribution in [1.29, 1.82) is 0 Å². The van der Waals surface area contributed by atoms with Crippen molar-refractivity contribution >= 4 is 33.3 Å². The molecule has 0 saturated heterocycles. The number of aromatic carboxylic acids is 1. The number of carbonyl (C=O) groups excluding carboxylic acids is 1. The van der Waals surface area contributed by atoms with E-state index >= 15 is 0 Å². The fraction of sp³-hybridized carbons (Fsp3) is 0.133. The topological polar surface area (TPSA) is 95.5 Å². The van der Waals surface area contributed by atoms with Crippen LogP contribution in [0.2, 0.25) is 5.02 Å². The number of carbonyl (C=O) groups is 1. The normalized spacial score (nSPS) is 11.1. The van der Waals surface area contributed by atoms with Gasteiger partial charge in [-0.05, 0) is 42.3 Å². The van der Waals surface area contributed by atoms with E-state index in [1.54, 1.807) is 6.92 Å². The van der Waals surface area contributed by atoms with Gasteiger partial charge >= 0.3 is 0 Å². The molecule has 0 aliphatic carbocycles. The number of anilines is 1. The highest BCUT2D eigenvalue weighted by Gasteiger charge is 2.18. The number of aryl methyl sites for hydroxylation is 1. The van der Waals surface area contributed by atoms with Crippen LogP contribution in [0.25, 0.3) is 0 Å². The van der Waals surface area contributed by atoms with Crippen molar-refractivity contribution in [2.75, 3.05) is 11.8 Å². The monoisotopic (exact) mass is 354 g/mol. The molecular formula is C15H13ClNO5S-. The summed E-state index contributed by atoms with van der Waals surface area (Å²) in [5, 5.41) is 11.2. The Labute approximate surface area is 138 Å². The minimum Gasteiger partial charge on any atom is -0.545 e. The molecule has 0 radical (unpaired) electrons. The summed E-state index contributed by atoms with van der Waals surface area (Å²) in [6, 6.07) is 8.15. The molecule has 0 aliphatic rings. The van der Waals surface area contributed by atoms with Gasteiger partial charge in [-0.3, -0.25) is 4.72 Å². The molecule has 2 aromatic rings. The fourth-order valence-corrected chi connectivity index (χ4v) is 3.54. The molecular weight excluding hydrogens is 342 g/mol. The first-order valence-corrected chi connectivity index (χ1v) is 8.29. The summed E-state index contributed by atoms with van der Waals surface area (Å²) in [5.74, 6) is -1.04. The lowest BCUT2D eigenvalue weighted by Gasteiger charge is -2.13. The number of rotatable bonds is 5. The summed E-state index contributed by atoms with van der Waals surface area (Å²) >= 11 is 5.96. The van der Waals surface area contributed by atoms with Crippen LogP contribution in [0, 0.1) is 6.92 Å². The summed E-state index contributed by atoms with van der Waals surface area (Å²) in [6.45, 7) is 1.56. The molecule has 23 heavy (non-hydrogen) atoms. The summed E-state index contributed by atoms with van der Waals surface area (Å²) in [6.07, 6.45) is 0. The average Bonchev–Trinajstić information content (AvgIpc) is 2.47. The lowest BCUT2D eigenvalue weighted by atomic mass is 10.1. The van der Waals surface area contributed by atoms with Gasteiger partial charge in [0.05, 0.1) is 28.7 Å². The van der Waals surface area contributed by atoms with E-state index < -0.39 is 16.0 Å². The third-order valence-electron chi connectivity index (χ3n) is 3.12. The van der Waals surface area contributed by atoms with E-state index in [1.807, 2.05) is 0 Å². The number of hydrogen-bond donors (Lipinski definition) is 1. The van der Waals surface area contributed by atoms with E-state index in [1.165, 1.54) is 37.4 Å². The zero-order valence-corrected chi connectivity index (χ0v) is 13.9. The smallest absolute Gasteiger partial charge is 0.262 e. The summed E-state index contributed by atoms with van der Waals surface area (Å²) in [7, 11) is -2.53. The van der Waals surface area contributed by atoms with Crippen LogP contribution >= 0.6 is 11.6 Å². The Hall–Kier alpha value is -2.25. The van der Waals surface area contributed by atoms with Gasteiger partial charge in [0.2, 0.25) is 0 Å².